The number of halogens is 3. The van der Waals surface area contributed by atoms with Crippen LogP contribution < -0.4 is 0 Å². The van der Waals surface area contributed by atoms with E-state index in [2.05, 4.69) is 21.0 Å². The summed E-state index contributed by atoms with van der Waals surface area (Å²) >= 11 is 9.43. The van der Waals surface area contributed by atoms with Crippen LogP contribution in [0.3, 0.4) is 0 Å². The molecule has 0 aliphatic heterocycles. The Balaban J connectivity index is 2.33. The minimum absolute atomic E-state index is 0.0235. The second-order valence-electron chi connectivity index (χ2n) is 4.41. The molecule has 1 aromatic heterocycles. The molecule has 2 aromatic rings. The van der Waals surface area contributed by atoms with Gasteiger partial charge in [-0.05, 0) is 24.6 Å². The molecule has 0 spiro atoms. The van der Waals surface area contributed by atoms with E-state index in [4.69, 9.17) is 11.6 Å². The molecule has 0 amide bonds. The summed E-state index contributed by atoms with van der Waals surface area (Å²) in [7, 11) is 1.73. The van der Waals surface area contributed by atoms with Gasteiger partial charge in [-0.15, -0.1) is 0 Å². The number of hydrogen-bond acceptors (Lipinski definition) is 2. The van der Waals surface area contributed by atoms with Crippen molar-refractivity contribution >= 4 is 33.3 Å². The molecule has 0 N–H and O–H groups in total. The summed E-state index contributed by atoms with van der Waals surface area (Å²) in [5.41, 5.74) is 1.40. The fraction of sp³-hybridized carbons (Fsp3) is 0.286. The first-order chi connectivity index (χ1) is 9.43. The van der Waals surface area contributed by atoms with Crippen LogP contribution in [0.15, 0.2) is 22.7 Å². The third kappa shape index (κ3) is 2.94. The number of carbonyl (C=O) groups is 1. The minimum Gasteiger partial charge on any atom is -0.294 e. The predicted molar refractivity (Wildman–Crippen MR) is 79.7 cm³/mol. The van der Waals surface area contributed by atoms with E-state index in [9.17, 15) is 9.18 Å². The molecular formula is C14H13BrClFN2O. The van der Waals surface area contributed by atoms with Gasteiger partial charge < -0.3 is 0 Å². The summed E-state index contributed by atoms with van der Waals surface area (Å²) in [4.78, 5) is 12.2. The molecule has 0 radical (unpaired) electrons. The zero-order valence-electron chi connectivity index (χ0n) is 11.1. The van der Waals surface area contributed by atoms with Gasteiger partial charge >= 0.3 is 0 Å². The highest BCUT2D eigenvalue weighted by atomic mass is 79.9. The topological polar surface area (TPSA) is 34.9 Å². The van der Waals surface area contributed by atoms with Crippen LogP contribution in [-0.4, -0.2) is 15.6 Å². The Morgan fingerprint density at radius 1 is 1.50 bits per heavy atom. The van der Waals surface area contributed by atoms with E-state index < -0.39 is 5.82 Å². The number of Topliss-reactive ketones (excluding diaryl/α,β-unsaturated/α-hetero) is 1. The van der Waals surface area contributed by atoms with Crippen LogP contribution in [-0.2, 0) is 19.9 Å². The van der Waals surface area contributed by atoms with Gasteiger partial charge in [-0.3, -0.25) is 9.48 Å². The van der Waals surface area contributed by atoms with Gasteiger partial charge in [0.25, 0.3) is 0 Å². The van der Waals surface area contributed by atoms with Crippen molar-refractivity contribution in [3.05, 3.63) is 50.5 Å². The number of benzene rings is 1. The molecule has 1 heterocycles. The fourth-order valence-electron chi connectivity index (χ4n) is 1.97. The quantitative estimate of drug-likeness (QED) is 0.774. The SMILES string of the molecule is CCc1nn(C)c(CC(=O)c2cc(Br)ccc2F)c1Cl. The summed E-state index contributed by atoms with van der Waals surface area (Å²) in [5.74, 6) is -0.858. The smallest absolute Gasteiger partial charge is 0.171 e. The lowest BCUT2D eigenvalue weighted by atomic mass is 10.1. The van der Waals surface area contributed by atoms with Gasteiger partial charge in [0, 0.05) is 11.5 Å². The number of aryl methyl sites for hydroxylation is 2. The molecule has 0 atom stereocenters. The van der Waals surface area contributed by atoms with Crippen molar-refractivity contribution in [2.75, 3.05) is 0 Å². The Morgan fingerprint density at radius 2 is 2.20 bits per heavy atom. The van der Waals surface area contributed by atoms with E-state index in [1.165, 1.54) is 12.1 Å². The molecule has 0 fully saturated rings. The number of rotatable bonds is 4. The number of carbonyl (C=O) groups excluding carboxylic acids is 1. The van der Waals surface area contributed by atoms with E-state index in [-0.39, 0.29) is 17.8 Å². The number of hydrogen-bond donors (Lipinski definition) is 0. The molecule has 3 nitrogen and oxygen atoms in total. The normalized spacial score (nSPS) is 10.8. The van der Waals surface area contributed by atoms with Gasteiger partial charge in [0.05, 0.1) is 28.4 Å². The maximum absolute atomic E-state index is 13.7. The van der Waals surface area contributed by atoms with Crippen LogP contribution in [0, 0.1) is 5.82 Å². The minimum atomic E-state index is -0.535. The summed E-state index contributed by atoms with van der Waals surface area (Å²) in [5, 5.41) is 4.73. The van der Waals surface area contributed by atoms with Crippen LogP contribution in [0.2, 0.25) is 5.02 Å². The van der Waals surface area contributed by atoms with E-state index in [0.717, 1.165) is 5.69 Å². The fourth-order valence-corrected chi connectivity index (χ4v) is 2.69. The Kier molecular flexibility index (Phi) is 4.60. The van der Waals surface area contributed by atoms with Crippen LogP contribution in [0.4, 0.5) is 4.39 Å². The second-order valence-corrected chi connectivity index (χ2v) is 5.70. The molecule has 0 bridgehead atoms. The average Bonchev–Trinajstić information content (AvgIpc) is 2.68. The van der Waals surface area contributed by atoms with Crippen LogP contribution >= 0.6 is 27.5 Å². The molecule has 0 saturated heterocycles. The third-order valence-corrected chi connectivity index (χ3v) is 3.99. The zero-order valence-corrected chi connectivity index (χ0v) is 13.4. The average molecular weight is 360 g/mol. The monoisotopic (exact) mass is 358 g/mol. The van der Waals surface area contributed by atoms with Crippen molar-refractivity contribution in [1.82, 2.24) is 9.78 Å². The number of ketones is 1. The lowest BCUT2D eigenvalue weighted by Gasteiger charge is -2.05. The van der Waals surface area contributed by atoms with Gasteiger partial charge in [-0.2, -0.15) is 5.10 Å². The molecule has 0 aliphatic carbocycles. The van der Waals surface area contributed by atoms with Gasteiger partial charge in [0.1, 0.15) is 5.82 Å². The molecule has 0 aliphatic rings. The maximum atomic E-state index is 13.7. The Labute approximate surface area is 129 Å². The Hall–Kier alpha value is -1.20. The molecule has 0 saturated carbocycles. The van der Waals surface area contributed by atoms with Crippen molar-refractivity contribution in [1.29, 1.82) is 0 Å². The van der Waals surface area contributed by atoms with Crippen molar-refractivity contribution < 1.29 is 9.18 Å². The molecule has 20 heavy (non-hydrogen) atoms. The van der Waals surface area contributed by atoms with E-state index >= 15 is 0 Å². The van der Waals surface area contributed by atoms with Crippen LogP contribution in [0.1, 0.15) is 28.7 Å². The number of aromatic nitrogens is 2. The first kappa shape index (κ1) is 15.2. The van der Waals surface area contributed by atoms with E-state index in [1.807, 2.05) is 6.92 Å². The summed E-state index contributed by atoms with van der Waals surface area (Å²) < 4.78 is 15.9. The molecular weight excluding hydrogens is 347 g/mol. The first-order valence-corrected chi connectivity index (χ1v) is 7.29. The van der Waals surface area contributed by atoms with Crippen LogP contribution in [0.25, 0.3) is 0 Å². The number of nitrogens with zero attached hydrogens (tertiary/aromatic N) is 2. The van der Waals surface area contributed by atoms with Gasteiger partial charge in [-0.1, -0.05) is 34.5 Å². The summed E-state index contributed by atoms with van der Waals surface area (Å²) in [6, 6.07) is 4.29. The van der Waals surface area contributed by atoms with Crippen molar-refractivity contribution in [2.45, 2.75) is 19.8 Å². The maximum Gasteiger partial charge on any atom is 0.171 e. The zero-order chi connectivity index (χ0) is 14.9. The van der Waals surface area contributed by atoms with Gasteiger partial charge in [-0.25, -0.2) is 4.39 Å². The predicted octanol–water partition coefficient (Wildman–Crippen LogP) is 3.96. The largest absolute Gasteiger partial charge is 0.294 e. The highest BCUT2D eigenvalue weighted by Crippen LogP contribution is 2.23. The molecule has 1 aromatic carbocycles. The van der Waals surface area contributed by atoms with E-state index in [1.54, 1.807) is 17.8 Å². The second kappa shape index (κ2) is 6.06. The standard InChI is InChI=1S/C14H13BrClFN2O/c1-3-11-14(16)12(19(2)18-11)7-13(20)9-6-8(15)4-5-10(9)17/h4-6H,3,7H2,1-2H3. The first-order valence-electron chi connectivity index (χ1n) is 6.12. The molecule has 2 rings (SSSR count). The molecule has 6 heteroatoms. The highest BCUT2D eigenvalue weighted by molar-refractivity contribution is 9.10. The third-order valence-electron chi connectivity index (χ3n) is 3.06. The van der Waals surface area contributed by atoms with Crippen molar-refractivity contribution in [3.8, 4) is 0 Å². The molecule has 106 valence electrons. The van der Waals surface area contributed by atoms with Crippen molar-refractivity contribution in [3.63, 3.8) is 0 Å². The van der Waals surface area contributed by atoms with E-state index in [0.29, 0.717) is 21.6 Å². The van der Waals surface area contributed by atoms with Gasteiger partial charge in [0.15, 0.2) is 5.78 Å². The van der Waals surface area contributed by atoms with Crippen LogP contribution in [0.5, 0.6) is 0 Å². The molecule has 0 unspecified atom stereocenters. The van der Waals surface area contributed by atoms with Crippen molar-refractivity contribution in [2.24, 2.45) is 7.05 Å². The Bertz CT molecular complexity index is 669. The lowest BCUT2D eigenvalue weighted by molar-refractivity contribution is 0.0987. The Morgan fingerprint density at radius 3 is 2.80 bits per heavy atom. The summed E-state index contributed by atoms with van der Waals surface area (Å²) in [6.07, 6.45) is 0.710. The van der Waals surface area contributed by atoms with Gasteiger partial charge in [0.2, 0.25) is 0 Å². The summed E-state index contributed by atoms with van der Waals surface area (Å²) in [6.45, 7) is 1.94. The lowest BCUT2D eigenvalue weighted by Crippen LogP contribution is -2.10. The highest BCUT2D eigenvalue weighted by Gasteiger charge is 2.19.